The number of hydrogen-bond acceptors (Lipinski definition) is 1. The Morgan fingerprint density at radius 2 is 2.17 bits per heavy atom. The smallest absolute Gasteiger partial charge is 0.220 e. The molecule has 68 valence electrons. The summed E-state index contributed by atoms with van der Waals surface area (Å²) in [6, 6.07) is 0.276. The monoisotopic (exact) mass is 171 g/mol. The summed E-state index contributed by atoms with van der Waals surface area (Å²) in [6.45, 7) is 0. The lowest BCUT2D eigenvalue weighted by Crippen LogP contribution is -2.48. The second kappa shape index (κ2) is 3.04. The Kier molecular flexibility index (Phi) is 2.03. The van der Waals surface area contributed by atoms with E-state index in [1.54, 1.807) is 0 Å². The van der Waals surface area contributed by atoms with Crippen LogP contribution in [0.1, 0.15) is 32.1 Å². The second-order valence-corrected chi connectivity index (χ2v) is 3.88. The molecule has 1 N–H and O–H groups in total. The molecule has 2 aliphatic rings. The largest absolute Gasteiger partial charge is 0.353 e. The molecule has 1 heterocycles. The average molecular weight is 171 g/mol. The van der Waals surface area contributed by atoms with Crippen LogP contribution in [0.25, 0.3) is 0 Å². The van der Waals surface area contributed by atoms with E-state index >= 15 is 0 Å². The molecule has 1 saturated heterocycles. The van der Waals surface area contributed by atoms with Gasteiger partial charge in [0.25, 0.3) is 0 Å². The number of nitrogens with one attached hydrogen (secondary N) is 1. The van der Waals surface area contributed by atoms with Gasteiger partial charge in [-0.1, -0.05) is 0 Å². The van der Waals surface area contributed by atoms with E-state index in [0.29, 0.717) is 25.2 Å². The third kappa shape index (κ3) is 1.45. The highest BCUT2D eigenvalue weighted by Crippen LogP contribution is 2.32. The lowest BCUT2D eigenvalue weighted by molar-refractivity contribution is -0.125. The molecule has 3 unspecified atom stereocenters. The van der Waals surface area contributed by atoms with Crippen LogP contribution >= 0.6 is 0 Å². The summed E-state index contributed by atoms with van der Waals surface area (Å²) in [5, 5.41) is 2.93. The number of carbonyl (C=O) groups is 1. The molecule has 0 bridgehead atoms. The minimum atomic E-state index is -0.624. The molecule has 12 heavy (non-hydrogen) atoms. The van der Waals surface area contributed by atoms with E-state index in [1.807, 2.05) is 0 Å². The standard InChI is InChI=1S/C9H14FNO/c10-7-2-3-8-6(5-7)1-4-9(12)11-8/h6-8H,1-5H2,(H,11,12). The highest BCUT2D eigenvalue weighted by molar-refractivity contribution is 5.77. The van der Waals surface area contributed by atoms with Gasteiger partial charge >= 0.3 is 0 Å². The fourth-order valence-corrected chi connectivity index (χ4v) is 2.31. The highest BCUT2D eigenvalue weighted by atomic mass is 19.1. The molecule has 1 aliphatic carbocycles. The van der Waals surface area contributed by atoms with Gasteiger partial charge in [-0.15, -0.1) is 0 Å². The summed E-state index contributed by atoms with van der Waals surface area (Å²) in [5.41, 5.74) is 0. The van der Waals surface area contributed by atoms with Crippen molar-refractivity contribution >= 4 is 5.91 Å². The van der Waals surface area contributed by atoms with E-state index in [9.17, 15) is 9.18 Å². The van der Waals surface area contributed by atoms with Crippen molar-refractivity contribution in [3.63, 3.8) is 0 Å². The minimum absolute atomic E-state index is 0.147. The van der Waals surface area contributed by atoms with Gasteiger partial charge in [-0.05, 0) is 31.6 Å². The lowest BCUT2D eigenvalue weighted by Gasteiger charge is -2.37. The molecule has 1 amide bonds. The van der Waals surface area contributed by atoms with Crippen molar-refractivity contribution in [1.82, 2.24) is 5.32 Å². The number of carbonyl (C=O) groups excluding carboxylic acids is 1. The van der Waals surface area contributed by atoms with Crippen LogP contribution in [-0.4, -0.2) is 18.1 Å². The van der Waals surface area contributed by atoms with Gasteiger partial charge in [0, 0.05) is 12.5 Å². The van der Waals surface area contributed by atoms with E-state index < -0.39 is 6.17 Å². The molecule has 3 atom stereocenters. The third-order valence-corrected chi connectivity index (χ3v) is 3.01. The number of rotatable bonds is 0. The van der Waals surface area contributed by atoms with Gasteiger partial charge in [-0.2, -0.15) is 0 Å². The van der Waals surface area contributed by atoms with Crippen molar-refractivity contribution < 1.29 is 9.18 Å². The molecule has 1 aliphatic heterocycles. The summed E-state index contributed by atoms with van der Waals surface area (Å²) in [6.07, 6.45) is 2.97. The second-order valence-electron chi connectivity index (χ2n) is 3.88. The zero-order valence-corrected chi connectivity index (χ0v) is 7.05. The van der Waals surface area contributed by atoms with Crippen LogP contribution in [-0.2, 0) is 4.79 Å². The van der Waals surface area contributed by atoms with Crippen LogP contribution in [0, 0.1) is 5.92 Å². The SMILES string of the molecule is O=C1CCC2CC(F)CCC2N1. The summed E-state index contributed by atoms with van der Waals surface area (Å²) in [5.74, 6) is 0.556. The first-order chi connectivity index (χ1) is 5.75. The Bertz CT molecular complexity index is 195. The number of amides is 1. The number of halogens is 1. The molecule has 1 saturated carbocycles. The van der Waals surface area contributed by atoms with Crippen molar-refractivity contribution in [2.45, 2.75) is 44.3 Å². The molecule has 2 fully saturated rings. The third-order valence-electron chi connectivity index (χ3n) is 3.01. The first kappa shape index (κ1) is 8.02. The molecular formula is C9H14FNO. The summed E-state index contributed by atoms with van der Waals surface area (Å²) in [4.78, 5) is 11.0. The van der Waals surface area contributed by atoms with Crippen LogP contribution in [0.3, 0.4) is 0 Å². The van der Waals surface area contributed by atoms with Crippen LogP contribution in [0.15, 0.2) is 0 Å². The van der Waals surface area contributed by atoms with Gasteiger partial charge in [0.15, 0.2) is 0 Å². The van der Waals surface area contributed by atoms with Gasteiger partial charge < -0.3 is 5.32 Å². The van der Waals surface area contributed by atoms with Gasteiger partial charge in [0.2, 0.25) is 5.91 Å². The number of fused-ring (bicyclic) bond motifs is 1. The fraction of sp³-hybridized carbons (Fsp3) is 0.889. The topological polar surface area (TPSA) is 29.1 Å². The molecule has 3 heteroatoms. The van der Waals surface area contributed by atoms with E-state index in [4.69, 9.17) is 0 Å². The van der Waals surface area contributed by atoms with Crippen LogP contribution < -0.4 is 5.32 Å². The quantitative estimate of drug-likeness (QED) is 0.586. The van der Waals surface area contributed by atoms with Crippen molar-refractivity contribution in [3.8, 4) is 0 Å². The average Bonchev–Trinajstić information content (AvgIpc) is 2.05. The molecule has 0 aromatic carbocycles. The Balaban J connectivity index is 1.98. The molecular weight excluding hydrogens is 157 g/mol. The Morgan fingerprint density at radius 3 is 3.00 bits per heavy atom. The molecule has 0 spiro atoms. The maximum Gasteiger partial charge on any atom is 0.220 e. The predicted molar refractivity (Wildman–Crippen MR) is 43.4 cm³/mol. The number of alkyl halides is 1. The normalized spacial score (nSPS) is 41.8. The van der Waals surface area contributed by atoms with Gasteiger partial charge in [0.05, 0.1) is 0 Å². The van der Waals surface area contributed by atoms with E-state index in [0.717, 1.165) is 12.8 Å². The van der Waals surface area contributed by atoms with Crippen LogP contribution in [0.4, 0.5) is 4.39 Å². The molecule has 0 radical (unpaired) electrons. The van der Waals surface area contributed by atoms with Crippen molar-refractivity contribution in [2.75, 3.05) is 0 Å². The van der Waals surface area contributed by atoms with Gasteiger partial charge in [0.1, 0.15) is 6.17 Å². The van der Waals surface area contributed by atoms with E-state index in [1.165, 1.54) is 0 Å². The van der Waals surface area contributed by atoms with Gasteiger partial charge in [-0.25, -0.2) is 4.39 Å². The van der Waals surface area contributed by atoms with Crippen molar-refractivity contribution in [3.05, 3.63) is 0 Å². The minimum Gasteiger partial charge on any atom is -0.353 e. The first-order valence-corrected chi connectivity index (χ1v) is 4.69. The number of hydrogen-bond donors (Lipinski definition) is 1. The molecule has 0 aromatic rings. The van der Waals surface area contributed by atoms with E-state index in [2.05, 4.69) is 5.32 Å². The maximum absolute atomic E-state index is 12.9. The lowest BCUT2D eigenvalue weighted by atomic mass is 9.78. The Morgan fingerprint density at radius 1 is 1.33 bits per heavy atom. The van der Waals surface area contributed by atoms with Crippen LogP contribution in [0.2, 0.25) is 0 Å². The maximum atomic E-state index is 12.9. The summed E-state index contributed by atoms with van der Waals surface area (Å²) >= 11 is 0. The Hall–Kier alpha value is -0.600. The zero-order chi connectivity index (χ0) is 8.55. The zero-order valence-electron chi connectivity index (χ0n) is 7.05. The number of piperidine rings is 1. The summed E-state index contributed by atoms with van der Waals surface area (Å²) < 4.78 is 12.9. The first-order valence-electron chi connectivity index (χ1n) is 4.69. The summed E-state index contributed by atoms with van der Waals surface area (Å²) in [7, 11) is 0. The van der Waals surface area contributed by atoms with Crippen molar-refractivity contribution in [1.29, 1.82) is 0 Å². The predicted octanol–water partition coefficient (Wildman–Crippen LogP) is 1.40. The van der Waals surface area contributed by atoms with Crippen molar-refractivity contribution in [2.24, 2.45) is 5.92 Å². The highest BCUT2D eigenvalue weighted by Gasteiger charge is 2.34. The molecule has 2 rings (SSSR count). The van der Waals surface area contributed by atoms with E-state index in [-0.39, 0.29) is 11.9 Å². The fourth-order valence-electron chi connectivity index (χ4n) is 2.31. The Labute approximate surface area is 71.5 Å². The molecule has 2 nitrogen and oxygen atoms in total. The van der Waals surface area contributed by atoms with Gasteiger partial charge in [-0.3, -0.25) is 4.79 Å². The van der Waals surface area contributed by atoms with Crippen LogP contribution in [0.5, 0.6) is 0 Å². The molecule has 0 aromatic heterocycles.